The van der Waals surface area contributed by atoms with Crippen LogP contribution in [0.1, 0.15) is 40.5 Å². The summed E-state index contributed by atoms with van der Waals surface area (Å²) in [5.74, 6) is -1.15. The highest BCUT2D eigenvalue weighted by atomic mass is 16.5. The molecule has 0 spiro atoms. The van der Waals surface area contributed by atoms with Crippen molar-refractivity contribution in [2.24, 2.45) is 5.73 Å². The van der Waals surface area contributed by atoms with E-state index in [2.05, 4.69) is 0 Å². The Balaban J connectivity index is 2.61. The number of rotatable bonds is 6. The van der Waals surface area contributed by atoms with Crippen molar-refractivity contribution in [3.63, 3.8) is 0 Å². The van der Waals surface area contributed by atoms with E-state index in [4.69, 9.17) is 10.5 Å². The third kappa shape index (κ3) is 4.05. The number of ether oxygens (including phenoxy) is 1. The first-order chi connectivity index (χ1) is 8.66. The van der Waals surface area contributed by atoms with E-state index in [-0.39, 0.29) is 11.1 Å². The van der Waals surface area contributed by atoms with E-state index in [0.29, 0.717) is 13.0 Å². The van der Waals surface area contributed by atoms with Crippen LogP contribution < -0.4 is 5.73 Å². The van der Waals surface area contributed by atoms with Crippen LogP contribution in [0.4, 0.5) is 0 Å². The summed E-state index contributed by atoms with van der Waals surface area (Å²) in [7, 11) is 0. The van der Waals surface area contributed by atoms with Crippen molar-refractivity contribution in [2.75, 3.05) is 6.61 Å². The molecule has 0 bridgehead atoms. The van der Waals surface area contributed by atoms with Crippen LogP contribution in [0.3, 0.4) is 0 Å². The normalized spacial score (nSPS) is 10.5. The molecule has 1 rings (SSSR count). The Kier molecular flexibility index (Phi) is 5.64. The minimum atomic E-state index is -0.631. The van der Waals surface area contributed by atoms with Crippen LogP contribution in [-0.2, 0) is 4.74 Å². The maximum absolute atomic E-state index is 11.7. The first kappa shape index (κ1) is 14.0. The van der Waals surface area contributed by atoms with Crippen LogP contribution in [0.25, 0.3) is 0 Å². The van der Waals surface area contributed by atoms with Crippen molar-refractivity contribution in [3.05, 3.63) is 47.5 Å². The second-order valence-electron chi connectivity index (χ2n) is 3.71. The van der Waals surface area contributed by atoms with Gasteiger partial charge in [0, 0.05) is 0 Å². The SMILES string of the molecule is CC/C=C\CCOC(=O)c1ccccc1C(N)=O. The molecular formula is C14H17NO3. The molecule has 0 saturated carbocycles. The van der Waals surface area contributed by atoms with Crippen molar-refractivity contribution >= 4 is 11.9 Å². The number of benzene rings is 1. The number of carbonyl (C=O) groups is 2. The Morgan fingerprint density at radius 2 is 1.89 bits per heavy atom. The molecule has 1 aromatic carbocycles. The minimum Gasteiger partial charge on any atom is -0.462 e. The van der Waals surface area contributed by atoms with Gasteiger partial charge in [-0.1, -0.05) is 31.2 Å². The van der Waals surface area contributed by atoms with Crippen molar-refractivity contribution < 1.29 is 14.3 Å². The molecule has 1 aromatic rings. The van der Waals surface area contributed by atoms with E-state index < -0.39 is 11.9 Å². The summed E-state index contributed by atoms with van der Waals surface area (Å²) in [6.07, 6.45) is 5.58. The van der Waals surface area contributed by atoms with Gasteiger partial charge < -0.3 is 10.5 Å². The average Bonchev–Trinajstić information content (AvgIpc) is 2.38. The van der Waals surface area contributed by atoms with Gasteiger partial charge in [0.15, 0.2) is 0 Å². The molecule has 0 aliphatic heterocycles. The first-order valence-electron chi connectivity index (χ1n) is 5.87. The lowest BCUT2D eigenvalue weighted by molar-refractivity contribution is 0.0508. The highest BCUT2D eigenvalue weighted by Crippen LogP contribution is 2.09. The van der Waals surface area contributed by atoms with Gasteiger partial charge in [0.2, 0.25) is 5.91 Å². The summed E-state index contributed by atoms with van der Waals surface area (Å²) in [5, 5.41) is 0. The highest BCUT2D eigenvalue weighted by molar-refractivity contribution is 6.04. The Labute approximate surface area is 106 Å². The van der Waals surface area contributed by atoms with Crippen LogP contribution in [0.2, 0.25) is 0 Å². The number of esters is 1. The fraction of sp³-hybridized carbons (Fsp3) is 0.286. The maximum atomic E-state index is 11.7. The molecule has 18 heavy (non-hydrogen) atoms. The molecule has 0 aliphatic carbocycles. The quantitative estimate of drug-likeness (QED) is 0.476. The van der Waals surface area contributed by atoms with E-state index in [0.717, 1.165) is 6.42 Å². The van der Waals surface area contributed by atoms with Crippen LogP contribution in [0, 0.1) is 0 Å². The van der Waals surface area contributed by atoms with Crippen molar-refractivity contribution in [3.8, 4) is 0 Å². The van der Waals surface area contributed by atoms with Crippen molar-refractivity contribution in [2.45, 2.75) is 19.8 Å². The van der Waals surface area contributed by atoms with E-state index in [9.17, 15) is 9.59 Å². The summed E-state index contributed by atoms with van der Waals surface area (Å²) < 4.78 is 5.07. The number of hydrogen-bond acceptors (Lipinski definition) is 3. The number of primary amides is 1. The molecule has 0 unspecified atom stereocenters. The van der Waals surface area contributed by atoms with Crippen LogP contribution >= 0.6 is 0 Å². The van der Waals surface area contributed by atoms with Crippen LogP contribution in [0.15, 0.2) is 36.4 Å². The topological polar surface area (TPSA) is 69.4 Å². The molecule has 1 amide bonds. The molecule has 0 atom stereocenters. The molecule has 0 fully saturated rings. The summed E-state index contributed by atoms with van der Waals surface area (Å²) in [5.41, 5.74) is 5.59. The highest BCUT2D eigenvalue weighted by Gasteiger charge is 2.15. The third-order valence-corrected chi connectivity index (χ3v) is 2.33. The minimum absolute atomic E-state index is 0.187. The maximum Gasteiger partial charge on any atom is 0.338 e. The first-order valence-corrected chi connectivity index (χ1v) is 5.87. The predicted molar refractivity (Wildman–Crippen MR) is 69.3 cm³/mol. The second kappa shape index (κ2) is 7.27. The van der Waals surface area contributed by atoms with E-state index >= 15 is 0 Å². The number of amides is 1. The van der Waals surface area contributed by atoms with E-state index in [1.54, 1.807) is 12.1 Å². The van der Waals surface area contributed by atoms with Gasteiger partial charge in [0.1, 0.15) is 0 Å². The summed E-state index contributed by atoms with van der Waals surface area (Å²) >= 11 is 0. The molecule has 0 radical (unpaired) electrons. The molecule has 4 nitrogen and oxygen atoms in total. The summed E-state index contributed by atoms with van der Waals surface area (Å²) in [6, 6.07) is 6.36. The molecule has 0 aliphatic rings. The molecule has 4 heteroatoms. The van der Waals surface area contributed by atoms with Crippen LogP contribution in [0.5, 0.6) is 0 Å². The lowest BCUT2D eigenvalue weighted by Gasteiger charge is -2.06. The van der Waals surface area contributed by atoms with Gasteiger partial charge >= 0.3 is 5.97 Å². The van der Waals surface area contributed by atoms with E-state index in [1.807, 2.05) is 19.1 Å². The molecular weight excluding hydrogens is 230 g/mol. The fourth-order valence-electron chi connectivity index (χ4n) is 1.46. The van der Waals surface area contributed by atoms with Gasteiger partial charge in [0.25, 0.3) is 0 Å². The predicted octanol–water partition coefficient (Wildman–Crippen LogP) is 2.30. The van der Waals surface area contributed by atoms with Gasteiger partial charge in [0.05, 0.1) is 17.7 Å². The number of allylic oxidation sites excluding steroid dienone is 1. The molecule has 0 saturated heterocycles. The lowest BCUT2D eigenvalue weighted by atomic mass is 10.1. The number of carbonyl (C=O) groups excluding carboxylic acids is 2. The van der Waals surface area contributed by atoms with Gasteiger partial charge in [-0.05, 0) is 25.0 Å². The van der Waals surface area contributed by atoms with Gasteiger partial charge in [-0.25, -0.2) is 4.79 Å². The van der Waals surface area contributed by atoms with Gasteiger partial charge in [-0.2, -0.15) is 0 Å². The molecule has 0 heterocycles. The van der Waals surface area contributed by atoms with Crippen LogP contribution in [-0.4, -0.2) is 18.5 Å². The Hall–Kier alpha value is -2.10. The standard InChI is InChI=1S/C14H17NO3/c1-2-3-4-7-10-18-14(17)12-9-6-5-8-11(12)13(15)16/h3-6,8-9H,2,7,10H2,1H3,(H2,15,16)/b4-3-. The largest absolute Gasteiger partial charge is 0.462 e. The zero-order valence-corrected chi connectivity index (χ0v) is 10.4. The molecule has 2 N–H and O–H groups in total. The Morgan fingerprint density at radius 1 is 1.22 bits per heavy atom. The smallest absolute Gasteiger partial charge is 0.338 e. The monoisotopic (exact) mass is 247 g/mol. The lowest BCUT2D eigenvalue weighted by Crippen LogP contribution is -2.17. The molecule has 96 valence electrons. The van der Waals surface area contributed by atoms with Crippen molar-refractivity contribution in [1.29, 1.82) is 0 Å². The number of nitrogens with two attached hydrogens (primary N) is 1. The van der Waals surface area contributed by atoms with E-state index in [1.165, 1.54) is 12.1 Å². The third-order valence-electron chi connectivity index (χ3n) is 2.33. The van der Waals surface area contributed by atoms with Gasteiger partial charge in [-0.3, -0.25) is 4.79 Å². The summed E-state index contributed by atoms with van der Waals surface area (Å²) in [4.78, 5) is 22.9. The second-order valence-corrected chi connectivity index (χ2v) is 3.71. The Bertz CT molecular complexity index is 452. The van der Waals surface area contributed by atoms with Crippen molar-refractivity contribution in [1.82, 2.24) is 0 Å². The average molecular weight is 247 g/mol. The van der Waals surface area contributed by atoms with Gasteiger partial charge in [-0.15, -0.1) is 0 Å². The fourth-order valence-corrected chi connectivity index (χ4v) is 1.46. The molecule has 0 aromatic heterocycles. The summed E-state index contributed by atoms with van der Waals surface area (Å²) in [6.45, 7) is 2.33. The number of hydrogen-bond donors (Lipinski definition) is 1. The zero-order chi connectivity index (χ0) is 13.4. The zero-order valence-electron chi connectivity index (χ0n) is 10.4. The Morgan fingerprint density at radius 3 is 2.50 bits per heavy atom.